The molecule has 2 aliphatic rings. The molecule has 2 fully saturated rings. The van der Waals surface area contributed by atoms with E-state index in [0.717, 1.165) is 36.3 Å². The molecule has 1 spiro atoms. The lowest BCUT2D eigenvalue weighted by atomic mass is 9.73. The summed E-state index contributed by atoms with van der Waals surface area (Å²) in [6.07, 6.45) is -1.24. The zero-order valence-electron chi connectivity index (χ0n) is 16.6. The molecule has 1 aliphatic carbocycles. The van der Waals surface area contributed by atoms with Crippen LogP contribution in [0.1, 0.15) is 38.2 Å². The van der Waals surface area contributed by atoms with Crippen molar-refractivity contribution in [1.82, 2.24) is 15.5 Å². The number of urea groups is 1. The average Bonchev–Trinajstić information content (AvgIpc) is 2.92. The molecule has 1 saturated carbocycles. The Hall–Kier alpha value is -2.78. The summed E-state index contributed by atoms with van der Waals surface area (Å²) in [5.74, 6) is -0.903. The summed E-state index contributed by atoms with van der Waals surface area (Å²) >= 11 is 0. The van der Waals surface area contributed by atoms with Crippen LogP contribution in [0.2, 0.25) is 0 Å². The fourth-order valence-corrected chi connectivity index (χ4v) is 3.96. The van der Waals surface area contributed by atoms with Crippen molar-refractivity contribution < 1.29 is 32.3 Å². The van der Waals surface area contributed by atoms with E-state index in [1.165, 1.54) is 12.1 Å². The summed E-state index contributed by atoms with van der Waals surface area (Å²) in [7, 11) is 0. The maximum atomic E-state index is 12.8. The van der Waals surface area contributed by atoms with E-state index < -0.39 is 35.8 Å². The van der Waals surface area contributed by atoms with Crippen LogP contribution in [0, 0.1) is 5.92 Å². The molecule has 10 heteroatoms. The average molecular weight is 427 g/mol. The van der Waals surface area contributed by atoms with Crippen LogP contribution in [-0.2, 0) is 15.8 Å². The quantitative estimate of drug-likeness (QED) is 0.540. The highest BCUT2D eigenvalue weighted by Gasteiger charge is 2.55. The standard InChI is InChI=1S/C20H24F3N3O4/c1-13-5-2-3-8-19(13)17(28)26(18(29)25-19)12-16(27)24-9-10-30-15-7-4-6-14(11-15)20(21,22)23/h4,6-7,11,13H,2-3,5,8-10,12H2,1H3,(H,24,27)(H,25,29). The molecule has 1 aromatic carbocycles. The van der Waals surface area contributed by atoms with E-state index >= 15 is 0 Å². The second kappa shape index (κ2) is 8.53. The first kappa shape index (κ1) is 21.9. The highest BCUT2D eigenvalue weighted by Crippen LogP contribution is 2.38. The summed E-state index contributed by atoms with van der Waals surface area (Å²) < 4.78 is 43.3. The molecule has 1 heterocycles. The molecule has 1 aromatic rings. The van der Waals surface area contributed by atoms with Gasteiger partial charge in [0.15, 0.2) is 0 Å². The van der Waals surface area contributed by atoms with Crippen LogP contribution in [0.25, 0.3) is 0 Å². The summed E-state index contributed by atoms with van der Waals surface area (Å²) in [4.78, 5) is 38.1. The highest BCUT2D eigenvalue weighted by atomic mass is 19.4. The number of hydrogen-bond acceptors (Lipinski definition) is 4. The van der Waals surface area contributed by atoms with Crippen molar-refractivity contribution in [3.8, 4) is 5.75 Å². The van der Waals surface area contributed by atoms with E-state index in [2.05, 4.69) is 10.6 Å². The molecule has 1 aliphatic heterocycles. The number of alkyl halides is 3. The number of nitrogens with one attached hydrogen (secondary N) is 2. The molecule has 1 saturated heterocycles. The van der Waals surface area contributed by atoms with Crippen molar-refractivity contribution in [3.05, 3.63) is 29.8 Å². The van der Waals surface area contributed by atoms with E-state index in [4.69, 9.17) is 4.74 Å². The van der Waals surface area contributed by atoms with Crippen LogP contribution in [0.3, 0.4) is 0 Å². The summed E-state index contributed by atoms with van der Waals surface area (Å²) in [6.45, 7) is 1.46. The Labute approximate surface area is 171 Å². The van der Waals surface area contributed by atoms with Gasteiger partial charge in [0.05, 0.1) is 12.1 Å². The van der Waals surface area contributed by atoms with Crippen LogP contribution < -0.4 is 15.4 Å². The molecule has 164 valence electrons. The van der Waals surface area contributed by atoms with Crippen molar-refractivity contribution in [3.63, 3.8) is 0 Å². The zero-order chi connectivity index (χ0) is 21.9. The number of carbonyl (C=O) groups excluding carboxylic acids is 3. The SMILES string of the molecule is CC1CCCCC12NC(=O)N(CC(=O)NCCOc1cccc(C(F)(F)F)c1)C2=O. The van der Waals surface area contributed by atoms with Gasteiger partial charge in [-0.05, 0) is 37.0 Å². The van der Waals surface area contributed by atoms with E-state index in [1.54, 1.807) is 0 Å². The molecular weight excluding hydrogens is 403 g/mol. The third kappa shape index (κ3) is 4.52. The first-order chi connectivity index (χ1) is 14.1. The number of amides is 4. The predicted octanol–water partition coefficient (Wildman–Crippen LogP) is 2.70. The van der Waals surface area contributed by atoms with Gasteiger partial charge in [-0.15, -0.1) is 0 Å². The minimum atomic E-state index is -4.47. The Kier molecular flexibility index (Phi) is 6.23. The Balaban J connectivity index is 1.47. The van der Waals surface area contributed by atoms with Crippen molar-refractivity contribution in [2.45, 2.75) is 44.3 Å². The van der Waals surface area contributed by atoms with Gasteiger partial charge < -0.3 is 15.4 Å². The topological polar surface area (TPSA) is 87.7 Å². The molecule has 7 nitrogen and oxygen atoms in total. The highest BCUT2D eigenvalue weighted by molar-refractivity contribution is 6.09. The van der Waals surface area contributed by atoms with Gasteiger partial charge in [-0.25, -0.2) is 4.79 Å². The monoisotopic (exact) mass is 427 g/mol. The largest absolute Gasteiger partial charge is 0.492 e. The number of rotatable bonds is 6. The predicted molar refractivity (Wildman–Crippen MR) is 101 cm³/mol. The van der Waals surface area contributed by atoms with Gasteiger partial charge in [0, 0.05) is 0 Å². The lowest BCUT2D eigenvalue weighted by Gasteiger charge is -2.36. The maximum absolute atomic E-state index is 12.8. The van der Waals surface area contributed by atoms with Crippen LogP contribution in [-0.4, -0.2) is 48.0 Å². The molecule has 2 N–H and O–H groups in total. The zero-order valence-corrected chi connectivity index (χ0v) is 16.6. The van der Waals surface area contributed by atoms with Gasteiger partial charge in [0.25, 0.3) is 5.91 Å². The first-order valence-electron chi connectivity index (χ1n) is 9.84. The van der Waals surface area contributed by atoms with Gasteiger partial charge in [0.2, 0.25) is 5.91 Å². The van der Waals surface area contributed by atoms with Crippen LogP contribution in [0.15, 0.2) is 24.3 Å². The third-order valence-electron chi connectivity index (χ3n) is 5.66. The maximum Gasteiger partial charge on any atom is 0.416 e. The number of nitrogens with zero attached hydrogens (tertiary/aromatic N) is 1. The van der Waals surface area contributed by atoms with E-state index in [0.29, 0.717) is 6.42 Å². The number of imide groups is 1. The lowest BCUT2D eigenvalue weighted by Crippen LogP contribution is -2.54. The van der Waals surface area contributed by atoms with Gasteiger partial charge in [-0.1, -0.05) is 25.8 Å². The number of halogens is 3. The Morgan fingerprint density at radius 3 is 2.80 bits per heavy atom. The molecule has 3 rings (SSSR count). The second-order valence-corrected chi connectivity index (χ2v) is 7.66. The number of carbonyl (C=O) groups is 3. The van der Waals surface area contributed by atoms with Crippen LogP contribution >= 0.6 is 0 Å². The third-order valence-corrected chi connectivity index (χ3v) is 5.66. The van der Waals surface area contributed by atoms with E-state index in [-0.39, 0.29) is 30.7 Å². The van der Waals surface area contributed by atoms with E-state index in [9.17, 15) is 27.6 Å². The summed E-state index contributed by atoms with van der Waals surface area (Å²) in [5.41, 5.74) is -1.75. The van der Waals surface area contributed by atoms with Gasteiger partial charge in [-0.2, -0.15) is 13.2 Å². The molecule has 0 bridgehead atoms. The summed E-state index contributed by atoms with van der Waals surface area (Å²) in [6, 6.07) is 3.85. The van der Waals surface area contributed by atoms with Crippen LogP contribution in [0.4, 0.5) is 18.0 Å². The van der Waals surface area contributed by atoms with Gasteiger partial charge in [0.1, 0.15) is 24.4 Å². The fraction of sp³-hybridized carbons (Fsp3) is 0.550. The Morgan fingerprint density at radius 2 is 2.10 bits per heavy atom. The normalized spacial score (nSPS) is 24.1. The molecular formula is C20H24F3N3O4. The smallest absolute Gasteiger partial charge is 0.416 e. The van der Waals surface area contributed by atoms with Crippen LogP contribution in [0.5, 0.6) is 5.75 Å². The summed E-state index contributed by atoms with van der Waals surface area (Å²) in [5, 5.41) is 5.28. The number of benzene rings is 1. The molecule has 30 heavy (non-hydrogen) atoms. The van der Waals surface area contributed by atoms with Crippen molar-refractivity contribution >= 4 is 17.8 Å². The molecule has 0 aromatic heterocycles. The fourth-order valence-electron chi connectivity index (χ4n) is 3.96. The molecule has 4 amide bonds. The van der Waals surface area contributed by atoms with Gasteiger partial charge in [-0.3, -0.25) is 14.5 Å². The first-order valence-corrected chi connectivity index (χ1v) is 9.84. The second-order valence-electron chi connectivity index (χ2n) is 7.66. The van der Waals surface area contributed by atoms with Gasteiger partial charge >= 0.3 is 12.2 Å². The van der Waals surface area contributed by atoms with Crippen molar-refractivity contribution in [2.24, 2.45) is 5.92 Å². The molecule has 2 unspecified atom stereocenters. The van der Waals surface area contributed by atoms with Crippen molar-refractivity contribution in [2.75, 3.05) is 19.7 Å². The lowest BCUT2D eigenvalue weighted by molar-refractivity contribution is -0.138. The van der Waals surface area contributed by atoms with E-state index in [1.807, 2.05) is 6.92 Å². The minimum absolute atomic E-state index is 0.00313. The Bertz CT molecular complexity index is 830. The molecule has 2 atom stereocenters. The van der Waals surface area contributed by atoms with Crippen molar-refractivity contribution in [1.29, 1.82) is 0 Å². The number of ether oxygens (including phenoxy) is 1. The minimum Gasteiger partial charge on any atom is -0.492 e. The molecule has 0 radical (unpaired) electrons. The Morgan fingerprint density at radius 1 is 1.33 bits per heavy atom. The number of hydrogen-bond donors (Lipinski definition) is 2.